The number of nitrogens with zero attached hydrogens (tertiary/aromatic N) is 1. The summed E-state index contributed by atoms with van der Waals surface area (Å²) in [4.78, 5) is 13.8. The van der Waals surface area contributed by atoms with Crippen LogP contribution in [0.1, 0.15) is 40.7 Å². The van der Waals surface area contributed by atoms with Gasteiger partial charge in [0.15, 0.2) is 0 Å². The van der Waals surface area contributed by atoms with Crippen LogP contribution in [-0.4, -0.2) is 39.0 Å². The second-order valence-electron chi connectivity index (χ2n) is 9.70. The van der Waals surface area contributed by atoms with Gasteiger partial charge in [0.05, 0.1) is 16.7 Å². The molecule has 1 aliphatic rings. The van der Waals surface area contributed by atoms with Crippen LogP contribution in [0.2, 0.25) is 0 Å². The predicted molar refractivity (Wildman–Crippen MR) is 143 cm³/mol. The number of carbonyl (C=O) groups is 1. The lowest BCUT2D eigenvalue weighted by Crippen LogP contribution is -2.49. The molecule has 7 heteroatoms. The minimum Gasteiger partial charge on any atom is -0.481 e. The molecule has 3 aromatic rings. The second kappa shape index (κ2) is 11.9. The zero-order valence-electron chi connectivity index (χ0n) is 21.0. The first-order valence-electron chi connectivity index (χ1n) is 12.3. The summed E-state index contributed by atoms with van der Waals surface area (Å²) in [5.74, 6) is -1.86. The van der Waals surface area contributed by atoms with Crippen LogP contribution >= 0.6 is 0 Å². The Hall–Kier alpha value is -3.16. The van der Waals surface area contributed by atoms with E-state index >= 15 is 0 Å². The number of carboxylic acids is 1. The maximum absolute atomic E-state index is 14.0. The Morgan fingerprint density at radius 1 is 1.00 bits per heavy atom. The molecule has 1 heterocycles. The highest BCUT2D eigenvalue weighted by Gasteiger charge is 2.32. The minimum atomic E-state index is -1.21. The van der Waals surface area contributed by atoms with E-state index in [0.717, 1.165) is 33.2 Å². The highest BCUT2D eigenvalue weighted by Crippen LogP contribution is 2.27. The van der Waals surface area contributed by atoms with Crippen molar-refractivity contribution in [2.75, 3.05) is 18.8 Å². The molecule has 0 bridgehead atoms. The van der Waals surface area contributed by atoms with Crippen LogP contribution in [0, 0.1) is 31.4 Å². The standard InChI is InChI=1S/C30H31F2NO3S/c1-20-5-6-23(12-21(20)2)13-24(25-14-27(31)16-28(32)15-25)4-3-11-37(36)29-9-7-22(8-10-29)17-33-18-26(19-33)30(34)35/h5-10,12-16,26H,3-4,11,17-19H2,1-2H3,(H,34,35)/b24-13+. The number of rotatable bonds is 10. The molecule has 0 saturated carbocycles. The molecule has 1 fully saturated rings. The zero-order valence-corrected chi connectivity index (χ0v) is 21.9. The van der Waals surface area contributed by atoms with Crippen molar-refractivity contribution in [3.8, 4) is 0 Å². The fourth-order valence-corrected chi connectivity index (χ4v) is 5.55. The van der Waals surface area contributed by atoms with Crippen molar-refractivity contribution in [2.24, 2.45) is 5.92 Å². The molecule has 3 aromatic carbocycles. The van der Waals surface area contributed by atoms with Crippen molar-refractivity contribution in [1.29, 1.82) is 0 Å². The predicted octanol–water partition coefficient (Wildman–Crippen LogP) is 6.23. The molecule has 0 aliphatic carbocycles. The van der Waals surface area contributed by atoms with Gasteiger partial charge in [-0.3, -0.25) is 13.9 Å². The van der Waals surface area contributed by atoms with Gasteiger partial charge < -0.3 is 5.11 Å². The van der Waals surface area contributed by atoms with Crippen molar-refractivity contribution in [3.05, 3.63) is 100 Å². The number of allylic oxidation sites excluding steroid dienone is 1. The van der Waals surface area contributed by atoms with E-state index < -0.39 is 28.4 Å². The van der Waals surface area contributed by atoms with Gasteiger partial charge in [-0.25, -0.2) is 8.78 Å². The van der Waals surface area contributed by atoms with Crippen LogP contribution in [0.5, 0.6) is 0 Å². The monoisotopic (exact) mass is 523 g/mol. The minimum absolute atomic E-state index is 0.287. The Morgan fingerprint density at radius 2 is 1.68 bits per heavy atom. The lowest BCUT2D eigenvalue weighted by atomic mass is 9.97. The summed E-state index contributed by atoms with van der Waals surface area (Å²) >= 11 is 0. The fourth-order valence-electron chi connectivity index (χ4n) is 4.47. The molecule has 37 heavy (non-hydrogen) atoms. The van der Waals surface area contributed by atoms with Gasteiger partial charge in [0, 0.05) is 36.3 Å². The molecule has 1 atom stereocenters. The summed E-state index contributed by atoms with van der Waals surface area (Å²) < 4.78 is 40.9. The molecule has 0 aromatic heterocycles. The van der Waals surface area contributed by atoms with Gasteiger partial charge in [-0.1, -0.05) is 36.4 Å². The average molecular weight is 524 g/mol. The van der Waals surface area contributed by atoms with Crippen LogP contribution in [0.25, 0.3) is 11.6 Å². The third kappa shape index (κ3) is 7.21. The molecule has 1 aliphatic heterocycles. The summed E-state index contributed by atoms with van der Waals surface area (Å²) in [5, 5.41) is 9.01. The second-order valence-corrected chi connectivity index (χ2v) is 11.3. The summed E-state index contributed by atoms with van der Waals surface area (Å²) in [7, 11) is -1.21. The molecule has 1 N–H and O–H groups in total. The summed E-state index contributed by atoms with van der Waals surface area (Å²) in [6, 6.07) is 17.2. The Labute approximate surface area is 219 Å². The van der Waals surface area contributed by atoms with E-state index in [-0.39, 0.29) is 5.92 Å². The number of aliphatic carboxylic acids is 1. The summed E-state index contributed by atoms with van der Waals surface area (Å²) in [6.07, 6.45) is 3.07. The maximum Gasteiger partial charge on any atom is 0.309 e. The largest absolute Gasteiger partial charge is 0.481 e. The highest BCUT2D eigenvalue weighted by atomic mass is 32.2. The number of benzene rings is 3. The SMILES string of the molecule is Cc1ccc(/C=C(\CCCS(=O)c2ccc(CN3CC(C(=O)O)C3)cc2)c2cc(F)cc(F)c2)cc1C. The van der Waals surface area contributed by atoms with Crippen LogP contribution < -0.4 is 0 Å². The molecule has 0 spiro atoms. The first-order valence-corrected chi connectivity index (χ1v) is 13.7. The molecule has 4 rings (SSSR count). The van der Waals surface area contributed by atoms with Gasteiger partial charge in [-0.15, -0.1) is 0 Å². The van der Waals surface area contributed by atoms with Gasteiger partial charge in [-0.05, 0) is 84.3 Å². The fraction of sp³-hybridized carbons (Fsp3) is 0.300. The smallest absolute Gasteiger partial charge is 0.309 e. The van der Waals surface area contributed by atoms with Crippen molar-refractivity contribution in [2.45, 2.75) is 38.1 Å². The molecule has 4 nitrogen and oxygen atoms in total. The van der Waals surface area contributed by atoms with Crippen LogP contribution in [-0.2, 0) is 22.1 Å². The Bertz CT molecular complexity index is 1310. The van der Waals surface area contributed by atoms with E-state index in [1.54, 1.807) is 0 Å². The zero-order chi connectivity index (χ0) is 26.5. The van der Waals surface area contributed by atoms with E-state index in [4.69, 9.17) is 5.11 Å². The van der Waals surface area contributed by atoms with Gasteiger partial charge in [0.2, 0.25) is 0 Å². The lowest BCUT2D eigenvalue weighted by molar-refractivity contribution is -0.147. The van der Waals surface area contributed by atoms with Crippen molar-refractivity contribution < 1.29 is 22.9 Å². The van der Waals surface area contributed by atoms with Gasteiger partial charge in [0.25, 0.3) is 0 Å². The van der Waals surface area contributed by atoms with Crippen LogP contribution in [0.4, 0.5) is 8.78 Å². The number of aryl methyl sites for hydroxylation is 2. The van der Waals surface area contributed by atoms with Gasteiger partial charge >= 0.3 is 5.97 Å². The number of hydrogen-bond donors (Lipinski definition) is 1. The van der Waals surface area contributed by atoms with Gasteiger partial charge in [0.1, 0.15) is 11.6 Å². The van der Waals surface area contributed by atoms with Crippen molar-refractivity contribution in [3.63, 3.8) is 0 Å². The molecular formula is C30H31F2NO3S. The Morgan fingerprint density at radius 3 is 2.30 bits per heavy atom. The first kappa shape index (κ1) is 26.9. The molecule has 1 unspecified atom stereocenters. The molecular weight excluding hydrogens is 492 g/mol. The number of carboxylic acid groups (broad SMARTS) is 1. The number of hydrogen-bond acceptors (Lipinski definition) is 3. The summed E-state index contributed by atoms with van der Waals surface area (Å²) in [5.41, 5.74) is 5.60. The normalized spacial score (nSPS) is 15.4. The highest BCUT2D eigenvalue weighted by molar-refractivity contribution is 7.85. The molecule has 1 saturated heterocycles. The van der Waals surface area contributed by atoms with E-state index in [1.165, 1.54) is 17.7 Å². The van der Waals surface area contributed by atoms with Crippen molar-refractivity contribution >= 4 is 28.4 Å². The molecule has 0 amide bonds. The van der Waals surface area contributed by atoms with Gasteiger partial charge in [-0.2, -0.15) is 0 Å². The third-order valence-electron chi connectivity index (χ3n) is 6.78. The third-order valence-corrected chi connectivity index (χ3v) is 8.24. The quantitative estimate of drug-likeness (QED) is 0.320. The number of halogens is 2. The molecule has 0 radical (unpaired) electrons. The average Bonchev–Trinajstić information content (AvgIpc) is 2.82. The molecule has 194 valence electrons. The maximum atomic E-state index is 14.0. The van der Waals surface area contributed by atoms with E-state index in [0.29, 0.717) is 43.8 Å². The lowest BCUT2D eigenvalue weighted by Gasteiger charge is -2.36. The number of likely N-dealkylation sites (tertiary alicyclic amines) is 1. The van der Waals surface area contributed by atoms with E-state index in [9.17, 15) is 17.8 Å². The van der Waals surface area contributed by atoms with E-state index in [1.807, 2.05) is 62.4 Å². The summed E-state index contributed by atoms with van der Waals surface area (Å²) in [6.45, 7) is 5.84. The van der Waals surface area contributed by atoms with Crippen molar-refractivity contribution in [1.82, 2.24) is 4.90 Å². The van der Waals surface area contributed by atoms with Crippen LogP contribution in [0.3, 0.4) is 0 Å². The topological polar surface area (TPSA) is 57.6 Å². The Balaban J connectivity index is 1.39. The van der Waals surface area contributed by atoms with Crippen LogP contribution in [0.15, 0.2) is 65.6 Å². The van der Waals surface area contributed by atoms with E-state index in [2.05, 4.69) is 4.90 Å². The Kier molecular flexibility index (Phi) is 8.67. The first-order chi connectivity index (χ1) is 17.7.